The second-order valence-electron chi connectivity index (χ2n) is 4.29. The highest BCUT2D eigenvalue weighted by Crippen LogP contribution is 2.28. The lowest BCUT2D eigenvalue weighted by Gasteiger charge is -2.08. The number of aromatic nitrogens is 3. The summed E-state index contributed by atoms with van der Waals surface area (Å²) in [4.78, 5) is 5.80. The van der Waals surface area contributed by atoms with Gasteiger partial charge < -0.3 is 5.32 Å². The summed E-state index contributed by atoms with van der Waals surface area (Å²) in [5.74, 6) is 0. The predicted molar refractivity (Wildman–Crippen MR) is 75.7 cm³/mol. The van der Waals surface area contributed by atoms with Crippen LogP contribution in [0.1, 0.15) is 38.1 Å². The third-order valence-electron chi connectivity index (χ3n) is 2.83. The lowest BCUT2D eigenvalue weighted by atomic mass is 10.3. The Bertz CT molecular complexity index is 489. The van der Waals surface area contributed by atoms with Gasteiger partial charge in [-0.3, -0.25) is 4.68 Å². The van der Waals surface area contributed by atoms with Crippen LogP contribution < -0.4 is 5.32 Å². The maximum absolute atomic E-state index is 4.52. The van der Waals surface area contributed by atoms with Crippen LogP contribution in [0.15, 0.2) is 18.5 Å². The van der Waals surface area contributed by atoms with Crippen LogP contribution in [0.5, 0.6) is 0 Å². The van der Waals surface area contributed by atoms with Crippen LogP contribution in [0.4, 0.5) is 0 Å². The molecule has 0 aliphatic heterocycles. The fourth-order valence-electron chi connectivity index (χ4n) is 1.92. The standard InChI is InChI=1S/C13H20N4S/c1-4-8-17-11(6-7-16-17)13-15-9-12(18-13)10(3)14-5-2/h6-7,9-10,14H,4-5,8H2,1-3H3. The first-order chi connectivity index (χ1) is 8.76. The smallest absolute Gasteiger partial charge is 0.141 e. The fourth-order valence-corrected chi connectivity index (χ4v) is 2.89. The number of rotatable bonds is 6. The minimum Gasteiger partial charge on any atom is -0.310 e. The molecule has 0 aliphatic carbocycles. The van der Waals surface area contributed by atoms with E-state index in [-0.39, 0.29) is 0 Å². The Morgan fingerprint density at radius 2 is 2.28 bits per heavy atom. The van der Waals surface area contributed by atoms with Gasteiger partial charge >= 0.3 is 0 Å². The van der Waals surface area contributed by atoms with Crippen molar-refractivity contribution in [2.24, 2.45) is 0 Å². The number of nitrogens with zero attached hydrogens (tertiary/aromatic N) is 3. The third-order valence-corrected chi connectivity index (χ3v) is 4.03. The molecule has 2 aromatic rings. The Morgan fingerprint density at radius 1 is 1.44 bits per heavy atom. The Morgan fingerprint density at radius 3 is 3.00 bits per heavy atom. The quantitative estimate of drug-likeness (QED) is 0.872. The van der Waals surface area contributed by atoms with Crippen molar-refractivity contribution < 1.29 is 0 Å². The van der Waals surface area contributed by atoms with E-state index >= 15 is 0 Å². The summed E-state index contributed by atoms with van der Waals surface area (Å²) in [6.45, 7) is 8.37. The first-order valence-corrected chi connectivity index (χ1v) is 7.29. The van der Waals surface area contributed by atoms with E-state index in [9.17, 15) is 0 Å². The Balaban J connectivity index is 2.21. The Labute approximate surface area is 112 Å². The summed E-state index contributed by atoms with van der Waals surface area (Å²) in [5.41, 5.74) is 1.12. The van der Waals surface area contributed by atoms with E-state index in [1.165, 1.54) is 4.88 Å². The van der Waals surface area contributed by atoms with Crippen molar-refractivity contribution in [3.05, 3.63) is 23.3 Å². The minimum atomic E-state index is 0.365. The second-order valence-corrected chi connectivity index (χ2v) is 5.35. The first kappa shape index (κ1) is 13.2. The molecular weight excluding hydrogens is 244 g/mol. The monoisotopic (exact) mass is 264 g/mol. The molecule has 98 valence electrons. The molecule has 0 radical (unpaired) electrons. The van der Waals surface area contributed by atoms with Gasteiger partial charge in [0, 0.05) is 29.9 Å². The van der Waals surface area contributed by atoms with E-state index in [1.807, 2.05) is 23.1 Å². The topological polar surface area (TPSA) is 42.7 Å². The first-order valence-electron chi connectivity index (χ1n) is 6.47. The number of hydrogen-bond donors (Lipinski definition) is 1. The van der Waals surface area contributed by atoms with Gasteiger partial charge in [0.05, 0.1) is 5.69 Å². The zero-order valence-corrected chi connectivity index (χ0v) is 12.0. The van der Waals surface area contributed by atoms with Crippen LogP contribution in [0, 0.1) is 0 Å². The summed E-state index contributed by atoms with van der Waals surface area (Å²) >= 11 is 1.74. The van der Waals surface area contributed by atoms with Crippen molar-refractivity contribution in [3.8, 4) is 10.7 Å². The van der Waals surface area contributed by atoms with Crippen molar-refractivity contribution in [2.45, 2.75) is 39.8 Å². The van der Waals surface area contributed by atoms with E-state index in [1.54, 1.807) is 11.3 Å². The van der Waals surface area contributed by atoms with Gasteiger partial charge in [-0.05, 0) is 26.0 Å². The lowest BCUT2D eigenvalue weighted by Crippen LogP contribution is -2.16. The molecule has 0 bridgehead atoms. The average Bonchev–Trinajstić information content (AvgIpc) is 2.97. The SMILES string of the molecule is CCCn1nccc1-c1ncc(C(C)NCC)s1. The van der Waals surface area contributed by atoms with Gasteiger partial charge in [0.25, 0.3) is 0 Å². The molecule has 1 N–H and O–H groups in total. The summed E-state index contributed by atoms with van der Waals surface area (Å²) < 4.78 is 2.03. The van der Waals surface area contributed by atoms with Crippen molar-refractivity contribution in [1.29, 1.82) is 0 Å². The van der Waals surface area contributed by atoms with E-state index in [0.29, 0.717) is 6.04 Å². The van der Waals surface area contributed by atoms with Crippen LogP contribution in [-0.4, -0.2) is 21.3 Å². The van der Waals surface area contributed by atoms with Gasteiger partial charge in [0.2, 0.25) is 0 Å². The molecule has 5 heteroatoms. The molecule has 0 saturated carbocycles. The highest BCUT2D eigenvalue weighted by molar-refractivity contribution is 7.15. The molecule has 0 amide bonds. The van der Waals surface area contributed by atoms with Gasteiger partial charge in [0.1, 0.15) is 5.01 Å². The largest absolute Gasteiger partial charge is 0.310 e. The maximum Gasteiger partial charge on any atom is 0.141 e. The number of hydrogen-bond acceptors (Lipinski definition) is 4. The molecule has 0 aromatic carbocycles. The van der Waals surface area contributed by atoms with Crippen LogP contribution in [-0.2, 0) is 6.54 Å². The lowest BCUT2D eigenvalue weighted by molar-refractivity contribution is 0.606. The molecule has 18 heavy (non-hydrogen) atoms. The highest BCUT2D eigenvalue weighted by atomic mass is 32.1. The molecule has 1 atom stereocenters. The second kappa shape index (κ2) is 6.11. The number of aryl methyl sites for hydroxylation is 1. The van der Waals surface area contributed by atoms with Crippen molar-refractivity contribution >= 4 is 11.3 Å². The zero-order chi connectivity index (χ0) is 13.0. The summed E-state index contributed by atoms with van der Waals surface area (Å²) in [7, 11) is 0. The summed E-state index contributed by atoms with van der Waals surface area (Å²) in [5, 5.41) is 8.80. The van der Waals surface area contributed by atoms with Gasteiger partial charge in [-0.25, -0.2) is 4.98 Å². The van der Waals surface area contributed by atoms with Crippen molar-refractivity contribution in [1.82, 2.24) is 20.1 Å². The average molecular weight is 264 g/mol. The molecule has 2 heterocycles. The number of thiazole rings is 1. The van der Waals surface area contributed by atoms with E-state index < -0.39 is 0 Å². The molecule has 0 aliphatic rings. The van der Waals surface area contributed by atoms with Crippen molar-refractivity contribution in [3.63, 3.8) is 0 Å². The van der Waals surface area contributed by atoms with Crippen LogP contribution in [0.25, 0.3) is 10.7 Å². The van der Waals surface area contributed by atoms with Crippen LogP contribution >= 0.6 is 11.3 Å². The molecule has 0 spiro atoms. The van der Waals surface area contributed by atoms with Crippen LogP contribution in [0.3, 0.4) is 0 Å². The van der Waals surface area contributed by atoms with Gasteiger partial charge in [-0.15, -0.1) is 11.3 Å². The maximum atomic E-state index is 4.52. The zero-order valence-electron chi connectivity index (χ0n) is 11.2. The van der Waals surface area contributed by atoms with Gasteiger partial charge in [-0.2, -0.15) is 5.10 Å². The molecule has 4 nitrogen and oxygen atoms in total. The van der Waals surface area contributed by atoms with Gasteiger partial charge in [0.15, 0.2) is 0 Å². The normalized spacial score (nSPS) is 12.8. The van der Waals surface area contributed by atoms with Crippen LogP contribution in [0.2, 0.25) is 0 Å². The van der Waals surface area contributed by atoms with E-state index in [0.717, 1.165) is 30.2 Å². The predicted octanol–water partition coefficient (Wildman–Crippen LogP) is 3.09. The van der Waals surface area contributed by atoms with E-state index in [4.69, 9.17) is 0 Å². The Hall–Kier alpha value is -1.20. The summed E-state index contributed by atoms with van der Waals surface area (Å²) in [6.07, 6.45) is 4.90. The molecule has 0 fully saturated rings. The molecule has 2 aromatic heterocycles. The fraction of sp³-hybridized carbons (Fsp3) is 0.538. The third kappa shape index (κ3) is 2.79. The molecule has 2 rings (SSSR count). The Kier molecular flexibility index (Phi) is 4.49. The molecule has 1 unspecified atom stereocenters. The summed E-state index contributed by atoms with van der Waals surface area (Å²) in [6, 6.07) is 2.40. The van der Waals surface area contributed by atoms with E-state index in [2.05, 4.69) is 36.2 Å². The minimum absolute atomic E-state index is 0.365. The highest BCUT2D eigenvalue weighted by Gasteiger charge is 2.12. The number of nitrogens with one attached hydrogen (secondary N) is 1. The van der Waals surface area contributed by atoms with Gasteiger partial charge in [-0.1, -0.05) is 13.8 Å². The molecule has 0 saturated heterocycles. The molecular formula is C13H20N4S. The van der Waals surface area contributed by atoms with Crippen molar-refractivity contribution in [2.75, 3.05) is 6.54 Å².